The van der Waals surface area contributed by atoms with Crippen molar-refractivity contribution >= 4 is 11.6 Å². The Morgan fingerprint density at radius 3 is 2.65 bits per heavy atom. The van der Waals surface area contributed by atoms with Gasteiger partial charge in [-0.25, -0.2) is 9.36 Å². The number of nitro benzene ring substituents is 1. The van der Waals surface area contributed by atoms with Crippen molar-refractivity contribution < 1.29 is 14.1 Å². The van der Waals surface area contributed by atoms with Crippen LogP contribution in [-0.4, -0.2) is 20.2 Å². The van der Waals surface area contributed by atoms with E-state index in [2.05, 4.69) is 0 Å². The molecule has 3 rings (SSSR count). The quantitative estimate of drug-likeness (QED) is 0.544. The van der Waals surface area contributed by atoms with Gasteiger partial charge in [-0.15, -0.1) is 0 Å². The van der Waals surface area contributed by atoms with Crippen LogP contribution in [0.5, 0.6) is 0 Å². The summed E-state index contributed by atoms with van der Waals surface area (Å²) in [5.74, 6) is -0.482. The fraction of sp³-hybridized carbons (Fsp3) is 0.0667. The molecule has 0 fully saturated rings. The Kier molecular flexibility index (Phi) is 3.41. The summed E-state index contributed by atoms with van der Waals surface area (Å²) < 4.78 is 7.27. The molecule has 2 aromatic heterocycles. The van der Waals surface area contributed by atoms with E-state index in [-0.39, 0.29) is 17.1 Å². The van der Waals surface area contributed by atoms with Crippen molar-refractivity contribution in [3.05, 3.63) is 80.7 Å². The van der Waals surface area contributed by atoms with Crippen LogP contribution in [0, 0.1) is 17.0 Å². The highest BCUT2D eigenvalue weighted by molar-refractivity contribution is 5.93. The van der Waals surface area contributed by atoms with Gasteiger partial charge in [-0.2, -0.15) is 0 Å². The fourth-order valence-electron chi connectivity index (χ4n) is 2.29. The van der Waals surface area contributed by atoms with E-state index in [4.69, 9.17) is 4.42 Å². The van der Waals surface area contributed by atoms with E-state index in [1.165, 1.54) is 42.7 Å². The van der Waals surface area contributed by atoms with Crippen molar-refractivity contribution in [3.8, 4) is 5.69 Å². The average molecular weight is 313 g/mol. The summed E-state index contributed by atoms with van der Waals surface area (Å²) >= 11 is 0. The highest BCUT2D eigenvalue weighted by Gasteiger charge is 2.20. The minimum Gasteiger partial charge on any atom is -0.459 e. The van der Waals surface area contributed by atoms with Crippen molar-refractivity contribution in [1.29, 1.82) is 0 Å². The maximum absolute atomic E-state index is 12.5. The van der Waals surface area contributed by atoms with Gasteiger partial charge in [0.15, 0.2) is 5.76 Å². The van der Waals surface area contributed by atoms with Crippen LogP contribution in [0.3, 0.4) is 0 Å². The van der Waals surface area contributed by atoms with Gasteiger partial charge in [-0.1, -0.05) is 6.07 Å². The van der Waals surface area contributed by atoms with E-state index < -0.39 is 16.4 Å². The lowest BCUT2D eigenvalue weighted by Gasteiger charge is -2.10. The van der Waals surface area contributed by atoms with Crippen LogP contribution in [0.2, 0.25) is 0 Å². The molecule has 0 spiro atoms. The van der Waals surface area contributed by atoms with Crippen LogP contribution in [0.4, 0.5) is 5.69 Å². The average Bonchev–Trinajstić information content (AvgIpc) is 3.14. The van der Waals surface area contributed by atoms with E-state index in [1.807, 2.05) is 0 Å². The number of nitro groups is 1. The number of benzene rings is 1. The third-order valence-corrected chi connectivity index (χ3v) is 3.28. The molecule has 23 heavy (non-hydrogen) atoms. The summed E-state index contributed by atoms with van der Waals surface area (Å²) in [5, 5.41) is 10.9. The summed E-state index contributed by atoms with van der Waals surface area (Å²) in [4.78, 5) is 35.1. The molecule has 0 aliphatic rings. The zero-order valence-electron chi connectivity index (χ0n) is 12.0. The van der Waals surface area contributed by atoms with Gasteiger partial charge in [0.2, 0.25) is 0 Å². The third kappa shape index (κ3) is 2.46. The smallest absolute Gasteiger partial charge is 0.312 e. The van der Waals surface area contributed by atoms with E-state index in [9.17, 15) is 19.7 Å². The Morgan fingerprint density at radius 1 is 1.22 bits per heavy atom. The van der Waals surface area contributed by atoms with Gasteiger partial charge in [-0.3, -0.25) is 19.7 Å². The van der Waals surface area contributed by atoms with Crippen molar-refractivity contribution in [1.82, 2.24) is 9.36 Å². The molecule has 0 unspecified atom stereocenters. The lowest BCUT2D eigenvalue weighted by atomic mass is 10.3. The molecule has 2 heterocycles. The second-order valence-corrected chi connectivity index (χ2v) is 4.81. The molecule has 0 saturated heterocycles. The minimum absolute atomic E-state index is 0.0582. The van der Waals surface area contributed by atoms with E-state index in [0.717, 1.165) is 9.36 Å². The van der Waals surface area contributed by atoms with Gasteiger partial charge in [0.1, 0.15) is 0 Å². The van der Waals surface area contributed by atoms with Crippen molar-refractivity contribution in [3.63, 3.8) is 0 Å². The molecule has 0 aliphatic carbocycles. The molecule has 0 N–H and O–H groups in total. The number of rotatable bonds is 3. The summed E-state index contributed by atoms with van der Waals surface area (Å²) in [6.07, 6.45) is 1.35. The van der Waals surface area contributed by atoms with Crippen molar-refractivity contribution in [2.24, 2.45) is 0 Å². The first-order valence-electron chi connectivity index (χ1n) is 6.64. The zero-order chi connectivity index (χ0) is 16.6. The molecule has 116 valence electrons. The number of carbonyl (C=O) groups excluding carboxylic acids is 1. The van der Waals surface area contributed by atoms with Crippen LogP contribution in [0.25, 0.3) is 5.69 Å². The molecule has 1 aromatic carbocycles. The van der Waals surface area contributed by atoms with Crippen molar-refractivity contribution in [2.45, 2.75) is 6.92 Å². The first-order chi connectivity index (χ1) is 11.0. The third-order valence-electron chi connectivity index (χ3n) is 3.28. The molecule has 3 aromatic rings. The summed E-state index contributed by atoms with van der Waals surface area (Å²) in [7, 11) is 0. The Balaban J connectivity index is 2.21. The second kappa shape index (κ2) is 5.41. The number of aromatic nitrogens is 2. The SMILES string of the molecule is Cc1cc(=O)n(-c2cccc([N+](=O)[O-])c2)n1C(=O)c1ccco1. The maximum atomic E-state index is 12.5. The highest BCUT2D eigenvalue weighted by Crippen LogP contribution is 2.17. The summed E-state index contributed by atoms with van der Waals surface area (Å²) in [5.41, 5.74) is -0.0340. The molecule has 0 atom stereocenters. The van der Waals surface area contributed by atoms with Gasteiger partial charge in [-0.05, 0) is 25.1 Å². The molecular formula is C15H11N3O5. The van der Waals surface area contributed by atoms with Crippen LogP contribution < -0.4 is 5.56 Å². The molecular weight excluding hydrogens is 302 g/mol. The van der Waals surface area contributed by atoms with E-state index in [1.54, 1.807) is 13.0 Å². The monoisotopic (exact) mass is 313 g/mol. The van der Waals surface area contributed by atoms with Gasteiger partial charge in [0.25, 0.3) is 11.2 Å². The Hall–Kier alpha value is -3.42. The second-order valence-electron chi connectivity index (χ2n) is 4.81. The van der Waals surface area contributed by atoms with Crippen LogP contribution >= 0.6 is 0 Å². The first kappa shape index (κ1) is 14.5. The lowest BCUT2D eigenvalue weighted by Crippen LogP contribution is -2.26. The number of nitrogens with zero attached hydrogens (tertiary/aromatic N) is 3. The molecule has 8 heteroatoms. The maximum Gasteiger partial charge on any atom is 0.312 e. The Bertz CT molecular complexity index is 950. The van der Waals surface area contributed by atoms with Gasteiger partial charge >= 0.3 is 5.91 Å². The predicted molar refractivity (Wildman–Crippen MR) is 79.9 cm³/mol. The molecule has 0 bridgehead atoms. The van der Waals surface area contributed by atoms with E-state index in [0.29, 0.717) is 5.69 Å². The first-order valence-corrected chi connectivity index (χ1v) is 6.64. The molecule has 0 amide bonds. The molecule has 0 aliphatic heterocycles. The van der Waals surface area contributed by atoms with Gasteiger partial charge in [0, 0.05) is 23.9 Å². The van der Waals surface area contributed by atoms with E-state index >= 15 is 0 Å². The number of hydrogen-bond acceptors (Lipinski definition) is 5. The number of furan rings is 1. The zero-order valence-corrected chi connectivity index (χ0v) is 12.0. The predicted octanol–water partition coefficient (Wildman–Crippen LogP) is 2.14. The number of hydrogen-bond donors (Lipinski definition) is 0. The van der Waals surface area contributed by atoms with Crippen LogP contribution in [0.15, 0.2) is 57.9 Å². The highest BCUT2D eigenvalue weighted by atomic mass is 16.6. The lowest BCUT2D eigenvalue weighted by molar-refractivity contribution is -0.384. The molecule has 0 saturated carbocycles. The summed E-state index contributed by atoms with van der Waals surface area (Å²) in [6, 6.07) is 9.81. The van der Waals surface area contributed by atoms with Crippen molar-refractivity contribution in [2.75, 3.05) is 0 Å². The minimum atomic E-state index is -0.566. The largest absolute Gasteiger partial charge is 0.459 e. The normalized spacial score (nSPS) is 10.7. The summed E-state index contributed by atoms with van der Waals surface area (Å²) in [6.45, 7) is 1.59. The number of non-ortho nitro benzene ring substituents is 1. The molecule has 0 radical (unpaired) electrons. The van der Waals surface area contributed by atoms with Crippen LogP contribution in [-0.2, 0) is 0 Å². The van der Waals surface area contributed by atoms with Gasteiger partial charge < -0.3 is 4.42 Å². The standard InChI is InChI=1S/C15H11N3O5/c1-10-8-14(19)17(11-4-2-5-12(9-11)18(21)22)16(10)15(20)13-6-3-7-23-13/h2-9H,1H3. The Morgan fingerprint density at radius 2 is 2.00 bits per heavy atom. The number of aryl methyl sites for hydroxylation is 1. The molecule has 8 nitrogen and oxygen atoms in total. The Labute approximate surface area is 129 Å². The topological polar surface area (TPSA) is 100 Å². The fourth-order valence-corrected chi connectivity index (χ4v) is 2.29. The van der Waals surface area contributed by atoms with Crippen LogP contribution in [0.1, 0.15) is 16.2 Å². The van der Waals surface area contributed by atoms with Gasteiger partial charge in [0.05, 0.1) is 16.9 Å². The number of carbonyl (C=O) groups is 1.